The first-order valence-corrected chi connectivity index (χ1v) is 7.42. The van der Waals surface area contributed by atoms with Crippen LogP contribution in [0.3, 0.4) is 0 Å². The minimum Gasteiger partial charge on any atom is -0.337 e. The Hall–Kier alpha value is -0.0900. The van der Waals surface area contributed by atoms with Crippen LogP contribution in [0.4, 0.5) is 0 Å². The summed E-state index contributed by atoms with van der Waals surface area (Å²) in [7, 11) is 0. The normalized spacial score (nSPS) is 32.9. The van der Waals surface area contributed by atoms with E-state index in [1.807, 2.05) is 0 Å². The molecular weight excluding hydrogens is 268 g/mol. The molecule has 1 saturated carbocycles. The number of carbonyl (C=O) groups excluding carboxylic acids is 1. The van der Waals surface area contributed by atoms with E-state index in [0.29, 0.717) is 17.4 Å². The molecule has 1 unspecified atom stereocenters. The third-order valence-corrected chi connectivity index (χ3v) is 5.57. The van der Waals surface area contributed by atoms with Crippen molar-refractivity contribution in [2.24, 2.45) is 5.41 Å². The molecule has 3 nitrogen and oxygen atoms in total. The topological polar surface area (TPSA) is 23.6 Å². The Labute approximate surface area is 105 Å². The highest BCUT2D eigenvalue weighted by Crippen LogP contribution is 2.47. The summed E-state index contributed by atoms with van der Waals surface area (Å²) in [5.74, 6) is 0.381. The van der Waals surface area contributed by atoms with Crippen LogP contribution in [0.15, 0.2) is 0 Å². The lowest BCUT2D eigenvalue weighted by molar-refractivity contribution is -0.130. The van der Waals surface area contributed by atoms with Gasteiger partial charge in [0.15, 0.2) is 0 Å². The second-order valence-electron chi connectivity index (χ2n) is 5.65. The van der Waals surface area contributed by atoms with Gasteiger partial charge in [-0.2, -0.15) is 0 Å². The van der Waals surface area contributed by atoms with E-state index in [2.05, 4.69) is 25.7 Å². The Kier molecular flexibility index (Phi) is 2.75. The minimum absolute atomic E-state index is 0.381. The van der Waals surface area contributed by atoms with E-state index in [1.54, 1.807) is 0 Å². The van der Waals surface area contributed by atoms with Crippen LogP contribution in [0.5, 0.6) is 0 Å². The zero-order chi connectivity index (χ0) is 11.2. The van der Waals surface area contributed by atoms with Gasteiger partial charge in [-0.05, 0) is 24.7 Å². The average Bonchev–Trinajstić information content (AvgIpc) is 2.98. The molecule has 0 radical (unpaired) electrons. The summed E-state index contributed by atoms with van der Waals surface area (Å²) in [4.78, 5) is 16.2. The van der Waals surface area contributed by atoms with Crippen LogP contribution in [0.2, 0.25) is 0 Å². The van der Waals surface area contributed by atoms with E-state index in [9.17, 15) is 4.79 Å². The molecule has 1 atom stereocenters. The van der Waals surface area contributed by atoms with E-state index < -0.39 is 0 Å². The van der Waals surface area contributed by atoms with Crippen molar-refractivity contribution in [1.29, 1.82) is 0 Å². The molecule has 0 aromatic heterocycles. The molecule has 3 rings (SSSR count). The van der Waals surface area contributed by atoms with E-state index in [-0.39, 0.29) is 0 Å². The van der Waals surface area contributed by atoms with Crippen LogP contribution >= 0.6 is 15.9 Å². The number of alkyl halides is 1. The number of piperazine rings is 1. The maximum absolute atomic E-state index is 11.6. The SMILES string of the molecule is O=C1CCC2CN(CC3(CBr)CC3)CCN12. The number of hydrogen-bond donors (Lipinski definition) is 0. The Bertz CT molecular complexity index is 303. The largest absolute Gasteiger partial charge is 0.337 e. The fourth-order valence-corrected chi connectivity index (χ4v) is 3.80. The third-order valence-electron chi connectivity index (χ3n) is 4.38. The first kappa shape index (κ1) is 11.0. The predicted octanol–water partition coefficient (Wildman–Crippen LogP) is 1.47. The molecule has 1 amide bonds. The van der Waals surface area contributed by atoms with Gasteiger partial charge in [0.1, 0.15) is 0 Å². The molecule has 0 aromatic rings. The lowest BCUT2D eigenvalue weighted by atomic mass is 10.1. The molecular formula is C12H19BrN2O. The van der Waals surface area contributed by atoms with Crippen molar-refractivity contribution < 1.29 is 4.79 Å². The second-order valence-corrected chi connectivity index (χ2v) is 6.21. The molecule has 3 aliphatic rings. The molecule has 4 heteroatoms. The van der Waals surface area contributed by atoms with Crippen molar-refractivity contribution in [3.63, 3.8) is 0 Å². The third kappa shape index (κ3) is 1.90. The highest BCUT2D eigenvalue weighted by Gasteiger charge is 2.44. The van der Waals surface area contributed by atoms with Crippen LogP contribution in [0.1, 0.15) is 25.7 Å². The fourth-order valence-electron chi connectivity index (χ4n) is 3.06. The number of rotatable bonds is 3. The van der Waals surface area contributed by atoms with E-state index in [1.165, 1.54) is 19.4 Å². The second kappa shape index (κ2) is 3.98. The van der Waals surface area contributed by atoms with Gasteiger partial charge in [-0.25, -0.2) is 0 Å². The monoisotopic (exact) mass is 286 g/mol. The number of nitrogens with zero attached hydrogens (tertiary/aromatic N) is 2. The van der Waals surface area contributed by atoms with Gasteiger partial charge in [-0.3, -0.25) is 9.69 Å². The zero-order valence-corrected chi connectivity index (χ0v) is 11.2. The van der Waals surface area contributed by atoms with Gasteiger partial charge in [-0.1, -0.05) is 15.9 Å². The first-order chi connectivity index (χ1) is 7.72. The maximum atomic E-state index is 11.6. The molecule has 0 aromatic carbocycles. The summed E-state index contributed by atoms with van der Waals surface area (Å²) in [5.41, 5.74) is 0.574. The van der Waals surface area contributed by atoms with Crippen molar-refractivity contribution in [3.05, 3.63) is 0 Å². The molecule has 2 saturated heterocycles. The van der Waals surface area contributed by atoms with E-state index >= 15 is 0 Å². The summed E-state index contributed by atoms with van der Waals surface area (Å²) in [5, 5.41) is 1.14. The van der Waals surface area contributed by atoms with Crippen LogP contribution in [0, 0.1) is 5.41 Å². The Morgan fingerprint density at radius 2 is 2.19 bits per heavy atom. The molecule has 2 heterocycles. The summed E-state index contributed by atoms with van der Waals surface area (Å²) in [6.07, 6.45) is 4.61. The molecule has 90 valence electrons. The zero-order valence-electron chi connectivity index (χ0n) is 9.62. The lowest BCUT2D eigenvalue weighted by Gasteiger charge is -2.39. The van der Waals surface area contributed by atoms with Gasteiger partial charge in [0.05, 0.1) is 0 Å². The molecule has 2 aliphatic heterocycles. The smallest absolute Gasteiger partial charge is 0.222 e. The summed E-state index contributed by atoms with van der Waals surface area (Å²) >= 11 is 3.63. The summed E-state index contributed by atoms with van der Waals surface area (Å²) in [6.45, 7) is 4.39. The highest BCUT2D eigenvalue weighted by atomic mass is 79.9. The van der Waals surface area contributed by atoms with Gasteiger partial charge < -0.3 is 4.90 Å². The van der Waals surface area contributed by atoms with Crippen LogP contribution in [-0.4, -0.2) is 53.3 Å². The maximum Gasteiger partial charge on any atom is 0.222 e. The molecule has 1 aliphatic carbocycles. The van der Waals surface area contributed by atoms with Gasteiger partial charge >= 0.3 is 0 Å². The van der Waals surface area contributed by atoms with Crippen molar-refractivity contribution in [3.8, 4) is 0 Å². The Balaban J connectivity index is 1.58. The number of amides is 1. The molecule has 3 fully saturated rings. The minimum atomic E-state index is 0.381. The lowest BCUT2D eigenvalue weighted by Crippen LogP contribution is -2.52. The van der Waals surface area contributed by atoms with Gasteiger partial charge in [-0.15, -0.1) is 0 Å². The number of carbonyl (C=O) groups is 1. The quantitative estimate of drug-likeness (QED) is 0.734. The standard InChI is InChI=1S/C12H19BrN2O/c13-8-12(3-4-12)9-14-5-6-15-10(7-14)1-2-11(15)16/h10H,1-9H2. The van der Waals surface area contributed by atoms with Crippen LogP contribution < -0.4 is 0 Å². The van der Waals surface area contributed by atoms with Crippen molar-refractivity contribution >= 4 is 21.8 Å². The van der Waals surface area contributed by atoms with Crippen LogP contribution in [-0.2, 0) is 4.79 Å². The van der Waals surface area contributed by atoms with E-state index in [4.69, 9.17) is 0 Å². The Morgan fingerprint density at radius 1 is 1.38 bits per heavy atom. The number of halogens is 1. The van der Waals surface area contributed by atoms with Gasteiger partial charge in [0.25, 0.3) is 0 Å². The Morgan fingerprint density at radius 3 is 2.88 bits per heavy atom. The van der Waals surface area contributed by atoms with Gasteiger partial charge in [0, 0.05) is 44.0 Å². The fraction of sp³-hybridized carbons (Fsp3) is 0.917. The van der Waals surface area contributed by atoms with Gasteiger partial charge in [0.2, 0.25) is 5.91 Å². The van der Waals surface area contributed by atoms with Crippen molar-refractivity contribution in [2.75, 3.05) is 31.5 Å². The molecule has 0 N–H and O–H groups in total. The van der Waals surface area contributed by atoms with E-state index in [0.717, 1.165) is 37.8 Å². The molecule has 16 heavy (non-hydrogen) atoms. The van der Waals surface area contributed by atoms with Crippen molar-refractivity contribution in [1.82, 2.24) is 9.80 Å². The number of fused-ring (bicyclic) bond motifs is 1. The first-order valence-electron chi connectivity index (χ1n) is 6.30. The highest BCUT2D eigenvalue weighted by molar-refractivity contribution is 9.09. The molecule has 0 bridgehead atoms. The van der Waals surface area contributed by atoms with Crippen molar-refractivity contribution in [2.45, 2.75) is 31.7 Å². The summed E-state index contributed by atoms with van der Waals surface area (Å²) < 4.78 is 0. The average molecular weight is 287 g/mol. The number of hydrogen-bond acceptors (Lipinski definition) is 2. The van der Waals surface area contributed by atoms with Crippen LogP contribution in [0.25, 0.3) is 0 Å². The summed E-state index contributed by atoms with van der Waals surface area (Å²) in [6, 6.07) is 0.521. The predicted molar refractivity (Wildman–Crippen MR) is 66.6 cm³/mol. The molecule has 0 spiro atoms.